The molecule has 10 nitrogen and oxygen atoms in total. The van der Waals surface area contributed by atoms with Gasteiger partial charge in [0, 0.05) is 76.4 Å². The molecule has 4 amide bonds. The van der Waals surface area contributed by atoms with Gasteiger partial charge in [0.05, 0.1) is 25.7 Å². The third-order valence-corrected chi connectivity index (χ3v) is 10.9. The van der Waals surface area contributed by atoms with E-state index in [2.05, 4.69) is 5.32 Å². The summed E-state index contributed by atoms with van der Waals surface area (Å²) in [6.45, 7) is 4.75. The van der Waals surface area contributed by atoms with Crippen molar-refractivity contribution in [2.75, 3.05) is 64.2 Å². The molecule has 2 aliphatic rings. The van der Waals surface area contributed by atoms with Crippen LogP contribution in [0, 0.1) is 11.8 Å². The summed E-state index contributed by atoms with van der Waals surface area (Å²) in [6.07, 6.45) is 2.25. The molecule has 318 valence electrons. The monoisotopic (exact) mass is 821 g/mol. The molecule has 10 heteroatoms. The number of benzene rings is 5. The fraction of sp³-hybridized carbons (Fsp3) is 0.314. The smallest absolute Gasteiger partial charge is 0.227 e. The molecule has 5 aromatic rings. The van der Waals surface area contributed by atoms with E-state index in [0.717, 1.165) is 34.2 Å². The van der Waals surface area contributed by atoms with Gasteiger partial charge in [-0.15, -0.1) is 0 Å². The lowest BCUT2D eigenvalue weighted by Crippen LogP contribution is -2.38. The molecule has 2 saturated heterocycles. The summed E-state index contributed by atoms with van der Waals surface area (Å²) in [5, 5.41) is 3.48. The average Bonchev–Trinajstić information content (AvgIpc) is 3.65. The molecule has 61 heavy (non-hydrogen) atoms. The van der Waals surface area contributed by atoms with Gasteiger partial charge in [-0.3, -0.25) is 19.2 Å². The van der Waals surface area contributed by atoms with E-state index in [1.165, 1.54) is 0 Å². The minimum absolute atomic E-state index is 0. The van der Waals surface area contributed by atoms with Gasteiger partial charge in [-0.1, -0.05) is 147 Å². The summed E-state index contributed by atoms with van der Waals surface area (Å²) >= 11 is 0. The van der Waals surface area contributed by atoms with Crippen molar-refractivity contribution in [2.45, 2.75) is 33.1 Å². The highest BCUT2D eigenvalue weighted by Gasteiger charge is 2.29. The van der Waals surface area contributed by atoms with Gasteiger partial charge in [-0.2, -0.15) is 0 Å². The molecule has 1 N–H and O–H groups in total. The Morgan fingerprint density at radius 3 is 1.02 bits per heavy atom. The highest BCUT2D eigenvalue weighted by atomic mass is 16.2. The van der Waals surface area contributed by atoms with Gasteiger partial charge >= 0.3 is 0 Å². The Hall–Kier alpha value is -6.55. The number of nitrogens with zero attached hydrogens (tertiary/aromatic N) is 4. The van der Waals surface area contributed by atoms with Gasteiger partial charge in [0.25, 0.3) is 0 Å². The molecule has 2 fully saturated rings. The Balaban J connectivity index is 0.000000232. The molecule has 0 spiro atoms. The second-order valence-electron chi connectivity index (χ2n) is 15.5. The van der Waals surface area contributed by atoms with Crippen LogP contribution >= 0.6 is 0 Å². The Morgan fingerprint density at radius 1 is 0.443 bits per heavy atom. The molecule has 0 radical (unpaired) electrons. The van der Waals surface area contributed by atoms with Gasteiger partial charge in [-0.25, -0.2) is 0 Å². The van der Waals surface area contributed by atoms with Crippen molar-refractivity contribution < 1.29 is 24.0 Å². The number of carbonyl (C=O) groups excluding carboxylic acids is 5. The van der Waals surface area contributed by atoms with Gasteiger partial charge in [0.15, 0.2) is 0 Å². The number of hydrogen-bond acceptors (Lipinski definition) is 6. The third kappa shape index (κ3) is 14.6. The number of carbonyl (C=O) groups is 5. The first-order valence-corrected chi connectivity index (χ1v) is 20.8. The lowest BCUT2D eigenvalue weighted by molar-refractivity contribution is -0.132. The molecule has 0 aliphatic carbocycles. The lowest BCUT2D eigenvalue weighted by Gasteiger charge is -2.25. The number of para-hydroxylation sites is 1. The molecule has 2 heterocycles. The zero-order valence-electron chi connectivity index (χ0n) is 34.2. The maximum Gasteiger partial charge on any atom is 0.227 e. The molecule has 2 aliphatic heterocycles. The number of anilines is 1. The lowest BCUT2D eigenvalue weighted by atomic mass is 10.1. The second-order valence-corrected chi connectivity index (χ2v) is 15.5. The fourth-order valence-corrected chi connectivity index (χ4v) is 7.62. The van der Waals surface area contributed by atoms with Gasteiger partial charge in [-0.05, 0) is 34.4 Å². The van der Waals surface area contributed by atoms with Crippen LogP contribution in [0.1, 0.15) is 29.7 Å². The topological polar surface area (TPSA) is 110 Å². The maximum absolute atomic E-state index is 13.1. The number of nitrogens with one attached hydrogen (secondary N) is 1. The molecule has 0 bridgehead atoms. The van der Waals surface area contributed by atoms with Crippen molar-refractivity contribution in [1.82, 2.24) is 19.6 Å². The van der Waals surface area contributed by atoms with Crippen LogP contribution in [0.2, 0.25) is 0 Å². The van der Waals surface area contributed by atoms with Crippen molar-refractivity contribution in [2.24, 2.45) is 11.8 Å². The van der Waals surface area contributed by atoms with Crippen molar-refractivity contribution in [3.63, 3.8) is 0 Å². The van der Waals surface area contributed by atoms with Crippen LogP contribution in [0.15, 0.2) is 152 Å². The molecule has 7 rings (SSSR count). The molecule has 0 atom stereocenters. The summed E-state index contributed by atoms with van der Waals surface area (Å²) in [4.78, 5) is 70.3. The SMILES string of the molecule is C.O=C(Cc1ccccc1)N1CCN(C(=O)Cc2ccccc2)CC(CNc2ccccc2)C1.O=CC1CN(C(=O)Cc2ccccc2)CCN(C(=O)Cc2ccccc2)C1. The summed E-state index contributed by atoms with van der Waals surface area (Å²) < 4.78 is 0. The zero-order valence-corrected chi connectivity index (χ0v) is 34.2. The molecule has 0 unspecified atom stereocenters. The van der Waals surface area contributed by atoms with Crippen molar-refractivity contribution in [3.05, 3.63) is 174 Å². The van der Waals surface area contributed by atoms with Crippen LogP contribution in [0.25, 0.3) is 0 Å². The van der Waals surface area contributed by atoms with Crippen molar-refractivity contribution in [3.8, 4) is 0 Å². The van der Waals surface area contributed by atoms with Crippen LogP contribution in [-0.2, 0) is 49.7 Å². The number of rotatable bonds is 12. The van der Waals surface area contributed by atoms with Gasteiger partial charge in [0.1, 0.15) is 6.29 Å². The van der Waals surface area contributed by atoms with Crippen LogP contribution in [0.5, 0.6) is 0 Å². The Morgan fingerprint density at radius 2 is 0.721 bits per heavy atom. The van der Waals surface area contributed by atoms with Crippen molar-refractivity contribution >= 4 is 35.6 Å². The first kappa shape index (κ1) is 45.5. The maximum atomic E-state index is 13.1. The largest absolute Gasteiger partial charge is 0.385 e. The van der Waals surface area contributed by atoms with E-state index in [1.54, 1.807) is 9.80 Å². The van der Waals surface area contributed by atoms with Crippen molar-refractivity contribution in [1.29, 1.82) is 0 Å². The zero-order chi connectivity index (χ0) is 41.9. The fourth-order valence-electron chi connectivity index (χ4n) is 7.62. The molecule has 5 aromatic carbocycles. The molecular formula is C51H59N5O5. The Bertz CT molecular complexity index is 1980. The number of amides is 4. The van der Waals surface area contributed by atoms with Gasteiger partial charge in [0.2, 0.25) is 23.6 Å². The summed E-state index contributed by atoms with van der Waals surface area (Å²) in [5.74, 6) is 0.00135. The van der Waals surface area contributed by atoms with E-state index >= 15 is 0 Å². The minimum Gasteiger partial charge on any atom is -0.385 e. The van der Waals surface area contributed by atoms with Gasteiger partial charge < -0.3 is 29.7 Å². The van der Waals surface area contributed by atoms with E-state index in [9.17, 15) is 24.0 Å². The van der Waals surface area contributed by atoms with Crippen LogP contribution in [0.4, 0.5) is 5.69 Å². The van der Waals surface area contributed by atoms with Crippen LogP contribution in [-0.4, -0.2) is 108 Å². The highest BCUT2D eigenvalue weighted by Crippen LogP contribution is 2.17. The Kier molecular flexibility index (Phi) is 17.8. The van der Waals surface area contributed by atoms with Crippen LogP contribution in [0.3, 0.4) is 0 Å². The quantitative estimate of drug-likeness (QED) is 0.145. The predicted molar refractivity (Wildman–Crippen MR) is 242 cm³/mol. The standard InChI is InChI=1S/C28H31N3O2.C22H24N2O3.CH4/c32-27(18-23-10-4-1-5-11-23)30-16-17-31(28(33)19-24-12-6-2-7-13-24)22-25(21-30)20-29-26-14-8-3-9-15-26;25-17-20-15-23(21(26)13-18-7-3-1-4-8-18)11-12-24(16-20)22(27)14-19-9-5-2-6-10-19;/h1-15,25,29H,16-22H2;1-10,17,20H,11-16H2;1H4. The normalized spacial score (nSPS) is 14.6. The van der Waals surface area contributed by atoms with Crippen LogP contribution < -0.4 is 5.32 Å². The average molecular weight is 822 g/mol. The molecule has 0 saturated carbocycles. The van der Waals surface area contributed by atoms with E-state index in [1.807, 2.05) is 161 Å². The predicted octanol–water partition coefficient (Wildman–Crippen LogP) is 6.46. The first-order valence-electron chi connectivity index (χ1n) is 20.8. The van der Waals surface area contributed by atoms with E-state index in [4.69, 9.17) is 0 Å². The highest BCUT2D eigenvalue weighted by molar-refractivity contribution is 5.82. The summed E-state index contributed by atoms with van der Waals surface area (Å²) in [7, 11) is 0. The van der Waals surface area contributed by atoms with E-state index in [0.29, 0.717) is 84.6 Å². The summed E-state index contributed by atoms with van der Waals surface area (Å²) in [5.41, 5.74) is 4.98. The number of aldehydes is 1. The number of hydrogen-bond donors (Lipinski definition) is 1. The first-order chi connectivity index (χ1) is 29.3. The second kappa shape index (κ2) is 23.9. The Labute approximate surface area is 361 Å². The molecular weight excluding hydrogens is 763 g/mol. The summed E-state index contributed by atoms with van der Waals surface area (Å²) in [6, 6.07) is 48.9. The van der Waals surface area contributed by atoms with E-state index in [-0.39, 0.29) is 42.9 Å². The van der Waals surface area contributed by atoms with E-state index < -0.39 is 0 Å². The third-order valence-electron chi connectivity index (χ3n) is 10.9. The minimum atomic E-state index is -0.355. The molecule has 0 aromatic heterocycles.